The third-order valence-corrected chi connectivity index (χ3v) is 4.06. The highest BCUT2D eigenvalue weighted by molar-refractivity contribution is 6.75. The van der Waals surface area contributed by atoms with Gasteiger partial charge in [-0.2, -0.15) is 0 Å². The van der Waals surface area contributed by atoms with Gasteiger partial charge in [0, 0.05) is 0 Å². The maximum absolute atomic E-state index is 10.1. The Kier molecular flexibility index (Phi) is 2.16. The highest BCUT2D eigenvalue weighted by atomic mass is 28.4. The summed E-state index contributed by atoms with van der Waals surface area (Å²) in [6, 6.07) is 0. The Labute approximate surface area is 55.5 Å². The van der Waals surface area contributed by atoms with Crippen molar-refractivity contribution in [3.63, 3.8) is 0 Å². The normalized spacial score (nSPS) is 18.8. The molecule has 0 aromatic carbocycles. The molecule has 3 nitrogen and oxygen atoms in total. The molecule has 0 radical (unpaired) electrons. The standard InChI is InChI=1S/C5H12O3Si/c1-5(7,4-6)9(2,3)8/h4,7-8H,1-3H3. The number of aldehydes is 1. The van der Waals surface area contributed by atoms with Crippen molar-refractivity contribution in [2.75, 3.05) is 0 Å². The second-order valence-electron chi connectivity index (χ2n) is 2.82. The van der Waals surface area contributed by atoms with E-state index in [0.29, 0.717) is 6.29 Å². The minimum absolute atomic E-state index is 0.388. The molecule has 0 saturated carbocycles. The average molecular weight is 148 g/mol. The summed E-state index contributed by atoms with van der Waals surface area (Å²) in [4.78, 5) is 19.3. The first-order valence-corrected chi connectivity index (χ1v) is 5.67. The fraction of sp³-hybridized carbons (Fsp3) is 0.800. The van der Waals surface area contributed by atoms with Crippen LogP contribution in [0.1, 0.15) is 6.92 Å². The van der Waals surface area contributed by atoms with E-state index in [1.807, 2.05) is 0 Å². The highest BCUT2D eigenvalue weighted by Crippen LogP contribution is 2.13. The number of rotatable bonds is 2. The van der Waals surface area contributed by atoms with Crippen molar-refractivity contribution in [3.05, 3.63) is 0 Å². The van der Waals surface area contributed by atoms with Gasteiger partial charge in [0.1, 0.15) is 5.22 Å². The molecule has 0 amide bonds. The maximum Gasteiger partial charge on any atom is 0.222 e. The minimum atomic E-state index is -2.70. The summed E-state index contributed by atoms with van der Waals surface area (Å²) in [7, 11) is -2.70. The van der Waals surface area contributed by atoms with E-state index < -0.39 is 13.5 Å². The van der Waals surface area contributed by atoms with Crippen LogP contribution in [0.15, 0.2) is 0 Å². The molecule has 0 aliphatic rings. The largest absolute Gasteiger partial charge is 0.429 e. The number of hydrogen-bond acceptors (Lipinski definition) is 3. The minimum Gasteiger partial charge on any atom is -0.429 e. The van der Waals surface area contributed by atoms with E-state index in [4.69, 9.17) is 5.11 Å². The van der Waals surface area contributed by atoms with Gasteiger partial charge in [-0.25, -0.2) is 0 Å². The van der Waals surface area contributed by atoms with Gasteiger partial charge in [0.25, 0.3) is 0 Å². The van der Waals surface area contributed by atoms with Gasteiger partial charge in [0.05, 0.1) is 0 Å². The second kappa shape index (κ2) is 2.21. The van der Waals surface area contributed by atoms with Crippen molar-refractivity contribution in [2.45, 2.75) is 25.2 Å². The Morgan fingerprint density at radius 2 is 1.89 bits per heavy atom. The second-order valence-corrected chi connectivity index (χ2v) is 6.95. The smallest absolute Gasteiger partial charge is 0.222 e. The summed E-state index contributed by atoms with van der Waals surface area (Å²) >= 11 is 0. The number of hydrogen-bond donors (Lipinski definition) is 2. The quantitative estimate of drug-likeness (QED) is 0.416. The van der Waals surface area contributed by atoms with E-state index >= 15 is 0 Å². The Bertz CT molecular complexity index is 114. The Morgan fingerprint density at radius 1 is 1.56 bits per heavy atom. The SMILES string of the molecule is CC(O)(C=O)[Si](C)(C)O. The lowest BCUT2D eigenvalue weighted by molar-refractivity contribution is -0.117. The lowest BCUT2D eigenvalue weighted by Crippen LogP contribution is -2.53. The number of aliphatic hydroxyl groups is 1. The zero-order valence-corrected chi connectivity index (χ0v) is 6.88. The fourth-order valence-corrected chi connectivity index (χ4v) is 0.433. The Balaban J connectivity index is 4.32. The van der Waals surface area contributed by atoms with Crippen LogP contribution in [0.4, 0.5) is 0 Å². The number of carbonyl (C=O) groups excluding carboxylic acids is 1. The van der Waals surface area contributed by atoms with Crippen molar-refractivity contribution < 1.29 is 14.7 Å². The third kappa shape index (κ3) is 1.89. The van der Waals surface area contributed by atoms with Gasteiger partial charge < -0.3 is 14.7 Å². The van der Waals surface area contributed by atoms with Crippen LogP contribution in [-0.4, -0.2) is 29.7 Å². The molecule has 0 aromatic rings. The van der Waals surface area contributed by atoms with Crippen LogP contribution in [-0.2, 0) is 4.79 Å². The molecule has 0 aliphatic heterocycles. The van der Waals surface area contributed by atoms with Crippen LogP contribution in [0, 0.1) is 0 Å². The van der Waals surface area contributed by atoms with Gasteiger partial charge in [-0.1, -0.05) is 0 Å². The van der Waals surface area contributed by atoms with E-state index in [0.717, 1.165) is 0 Å². The topological polar surface area (TPSA) is 57.5 Å². The Morgan fingerprint density at radius 3 is 1.89 bits per heavy atom. The molecule has 0 bridgehead atoms. The first kappa shape index (κ1) is 8.81. The number of carbonyl (C=O) groups is 1. The lowest BCUT2D eigenvalue weighted by Gasteiger charge is -2.26. The zero-order valence-electron chi connectivity index (χ0n) is 5.88. The molecule has 0 aromatic heterocycles. The van der Waals surface area contributed by atoms with E-state index in [9.17, 15) is 9.59 Å². The first-order chi connectivity index (χ1) is 3.81. The first-order valence-electron chi connectivity index (χ1n) is 2.72. The van der Waals surface area contributed by atoms with Gasteiger partial charge in [0.2, 0.25) is 8.32 Å². The van der Waals surface area contributed by atoms with Gasteiger partial charge in [-0.3, -0.25) is 0 Å². The summed E-state index contributed by atoms with van der Waals surface area (Å²) in [6.07, 6.45) is 0.388. The summed E-state index contributed by atoms with van der Waals surface area (Å²) < 4.78 is 0. The van der Waals surface area contributed by atoms with E-state index in [1.165, 1.54) is 20.0 Å². The van der Waals surface area contributed by atoms with Crippen molar-refractivity contribution >= 4 is 14.6 Å². The summed E-state index contributed by atoms with van der Waals surface area (Å²) in [5.74, 6) is 0. The van der Waals surface area contributed by atoms with Crippen molar-refractivity contribution in [3.8, 4) is 0 Å². The van der Waals surface area contributed by atoms with Crippen LogP contribution < -0.4 is 0 Å². The molecule has 2 N–H and O–H groups in total. The zero-order chi connectivity index (χ0) is 7.71. The molecular weight excluding hydrogens is 136 g/mol. The van der Waals surface area contributed by atoms with E-state index in [1.54, 1.807) is 0 Å². The maximum atomic E-state index is 10.1. The summed E-state index contributed by atoms with van der Waals surface area (Å²) in [6.45, 7) is 4.36. The molecule has 0 heterocycles. The average Bonchev–Trinajstić information content (AvgIpc) is 1.64. The highest BCUT2D eigenvalue weighted by Gasteiger charge is 2.40. The van der Waals surface area contributed by atoms with E-state index in [-0.39, 0.29) is 0 Å². The molecule has 1 unspecified atom stereocenters. The molecule has 0 saturated heterocycles. The van der Waals surface area contributed by atoms with Crippen molar-refractivity contribution in [2.24, 2.45) is 0 Å². The molecule has 54 valence electrons. The van der Waals surface area contributed by atoms with E-state index in [2.05, 4.69) is 0 Å². The van der Waals surface area contributed by atoms with Crippen LogP contribution in [0.2, 0.25) is 13.1 Å². The van der Waals surface area contributed by atoms with Gasteiger partial charge in [0.15, 0.2) is 6.29 Å². The predicted octanol–water partition coefficient (Wildman–Crippen LogP) is -0.327. The van der Waals surface area contributed by atoms with Crippen molar-refractivity contribution in [1.29, 1.82) is 0 Å². The molecule has 9 heavy (non-hydrogen) atoms. The summed E-state index contributed by atoms with van der Waals surface area (Å²) in [5, 5.41) is 7.60. The third-order valence-electron chi connectivity index (χ3n) is 1.47. The summed E-state index contributed by atoms with van der Waals surface area (Å²) in [5.41, 5.74) is 0. The molecule has 0 aliphatic carbocycles. The molecular formula is C5H12O3Si. The van der Waals surface area contributed by atoms with Gasteiger partial charge in [-0.15, -0.1) is 0 Å². The lowest BCUT2D eigenvalue weighted by atomic mass is 10.4. The van der Waals surface area contributed by atoms with Crippen LogP contribution in [0.5, 0.6) is 0 Å². The molecule has 0 fully saturated rings. The van der Waals surface area contributed by atoms with Crippen molar-refractivity contribution in [1.82, 2.24) is 0 Å². The van der Waals surface area contributed by atoms with Crippen LogP contribution in [0.25, 0.3) is 0 Å². The molecule has 4 heteroatoms. The Hall–Kier alpha value is -0.193. The van der Waals surface area contributed by atoms with Crippen LogP contribution in [0.3, 0.4) is 0 Å². The molecule has 0 rings (SSSR count). The van der Waals surface area contributed by atoms with Crippen LogP contribution >= 0.6 is 0 Å². The molecule has 1 atom stereocenters. The predicted molar refractivity (Wildman–Crippen MR) is 36.4 cm³/mol. The van der Waals surface area contributed by atoms with Gasteiger partial charge >= 0.3 is 0 Å². The fourth-order valence-electron chi connectivity index (χ4n) is 0.144. The molecule has 0 spiro atoms. The van der Waals surface area contributed by atoms with Gasteiger partial charge in [-0.05, 0) is 20.0 Å². The monoisotopic (exact) mass is 148 g/mol.